The molecule has 6 heteroatoms. The Balaban J connectivity index is 0.00000220. The van der Waals surface area contributed by atoms with Gasteiger partial charge in [0.25, 0.3) is 0 Å². The van der Waals surface area contributed by atoms with Gasteiger partial charge in [0.05, 0.1) is 11.6 Å². The largest absolute Gasteiger partial charge is 1.00 e. The number of pyridine rings is 1. The Morgan fingerprint density at radius 1 is 1.29 bits per heavy atom. The summed E-state index contributed by atoms with van der Waals surface area (Å²) >= 11 is 0. The van der Waals surface area contributed by atoms with Crippen molar-refractivity contribution < 1.29 is 31.6 Å². The smallest absolute Gasteiger partial charge is 0.227 e. The molecule has 2 aromatic rings. The number of ketones is 1. The number of oxime groups is 1. The summed E-state index contributed by atoms with van der Waals surface area (Å²) < 4.78 is 1.68. The van der Waals surface area contributed by atoms with Crippen molar-refractivity contribution in [2.75, 3.05) is 0 Å². The third kappa shape index (κ3) is 4.23. The van der Waals surface area contributed by atoms with Crippen LogP contribution in [0, 0.1) is 11.3 Å². The van der Waals surface area contributed by atoms with Gasteiger partial charge < -0.3 is 22.2 Å². The average molecular weight is 346 g/mol. The molecule has 1 aromatic heterocycles. The molecule has 0 unspecified atom stereocenters. The van der Waals surface area contributed by atoms with Crippen molar-refractivity contribution in [2.45, 2.75) is 6.54 Å². The molecule has 2 rings (SSSR count). The zero-order valence-electron chi connectivity index (χ0n) is 11.0. The molecule has 0 saturated heterocycles. The topological polar surface area (TPSA) is 77.3 Å². The van der Waals surface area contributed by atoms with Crippen molar-refractivity contribution >= 4 is 12.0 Å². The first-order valence-electron chi connectivity index (χ1n) is 5.94. The molecule has 0 spiro atoms. The summed E-state index contributed by atoms with van der Waals surface area (Å²) in [6.07, 6.45) is 3.00. The second kappa shape index (κ2) is 7.92. The summed E-state index contributed by atoms with van der Waals surface area (Å²) in [5.41, 5.74) is 1.67. The van der Waals surface area contributed by atoms with Crippen LogP contribution in [0.5, 0.6) is 0 Å². The van der Waals surface area contributed by atoms with E-state index in [1.165, 1.54) is 6.21 Å². The summed E-state index contributed by atoms with van der Waals surface area (Å²) in [5.74, 6) is -0.0849. The van der Waals surface area contributed by atoms with Crippen molar-refractivity contribution in [3.8, 4) is 6.07 Å². The minimum absolute atomic E-state index is 0. The fraction of sp³-hybridized carbons (Fsp3) is 0.0667. The Bertz CT molecular complexity index is 691. The van der Waals surface area contributed by atoms with Gasteiger partial charge in [-0.15, -0.1) is 0 Å². The van der Waals surface area contributed by atoms with Gasteiger partial charge >= 0.3 is 0 Å². The molecular formula is C15H12BrN3O2. The van der Waals surface area contributed by atoms with Gasteiger partial charge in [0.15, 0.2) is 6.20 Å². The number of carbonyl (C=O) groups excluding carboxylic acids is 1. The average Bonchev–Trinajstić information content (AvgIpc) is 2.49. The number of benzene rings is 1. The molecule has 0 saturated carbocycles. The quantitative estimate of drug-likeness (QED) is 0.242. The fourth-order valence-corrected chi connectivity index (χ4v) is 1.79. The normalized spacial score (nSPS) is 9.86. The number of aromatic nitrogens is 1. The van der Waals surface area contributed by atoms with Crippen LogP contribution < -0.4 is 21.5 Å². The van der Waals surface area contributed by atoms with Crippen molar-refractivity contribution in [3.05, 3.63) is 65.5 Å². The van der Waals surface area contributed by atoms with E-state index in [9.17, 15) is 4.79 Å². The molecule has 106 valence electrons. The van der Waals surface area contributed by atoms with E-state index in [2.05, 4.69) is 5.16 Å². The van der Waals surface area contributed by atoms with Gasteiger partial charge in [-0.3, -0.25) is 4.79 Å². The van der Waals surface area contributed by atoms with E-state index in [0.29, 0.717) is 16.8 Å². The number of carbonyl (C=O) groups is 1. The monoisotopic (exact) mass is 345 g/mol. The Morgan fingerprint density at radius 3 is 2.62 bits per heavy atom. The molecule has 0 bridgehead atoms. The van der Waals surface area contributed by atoms with Gasteiger partial charge in [0.1, 0.15) is 6.21 Å². The first kappa shape index (κ1) is 16.5. The lowest BCUT2D eigenvalue weighted by atomic mass is 10.1. The molecule has 0 aliphatic heterocycles. The maximum Gasteiger partial charge on any atom is 0.227 e. The predicted molar refractivity (Wildman–Crippen MR) is 71.5 cm³/mol. The highest BCUT2D eigenvalue weighted by atomic mass is 79.9. The van der Waals surface area contributed by atoms with Gasteiger partial charge in [-0.25, -0.2) is 0 Å². The Kier molecular flexibility index (Phi) is 6.24. The zero-order chi connectivity index (χ0) is 14.4. The van der Waals surface area contributed by atoms with Crippen molar-refractivity contribution in [1.29, 1.82) is 5.26 Å². The van der Waals surface area contributed by atoms with E-state index in [-0.39, 0.29) is 29.3 Å². The zero-order valence-corrected chi connectivity index (χ0v) is 12.6. The van der Waals surface area contributed by atoms with Gasteiger partial charge in [-0.1, -0.05) is 5.16 Å². The predicted octanol–water partition coefficient (Wildman–Crippen LogP) is -1.46. The number of hydrogen-bond donors (Lipinski definition) is 1. The standard InChI is InChI=1S/C15H11N3O2.BrH/c16-9-12-4-6-13(7-5-12)15(19)11-18-8-2-1-3-14(18)10-17-20;/h1-8,10H,11H2;1H. The van der Waals surface area contributed by atoms with Crippen molar-refractivity contribution in [3.63, 3.8) is 0 Å². The molecule has 21 heavy (non-hydrogen) atoms. The van der Waals surface area contributed by atoms with Crippen LogP contribution in [-0.2, 0) is 6.54 Å². The summed E-state index contributed by atoms with van der Waals surface area (Å²) in [5, 5.41) is 20.3. The van der Waals surface area contributed by atoms with E-state index in [1.807, 2.05) is 6.07 Å². The van der Waals surface area contributed by atoms with Crippen LogP contribution in [0.4, 0.5) is 0 Å². The van der Waals surface area contributed by atoms with Gasteiger partial charge in [-0.2, -0.15) is 9.83 Å². The molecule has 0 aliphatic carbocycles. The Morgan fingerprint density at radius 2 is 2.00 bits per heavy atom. The molecule has 1 N–H and O–H groups in total. The third-order valence-electron chi connectivity index (χ3n) is 2.82. The number of nitrogens with zero attached hydrogens (tertiary/aromatic N) is 3. The molecule has 0 aliphatic rings. The minimum Gasteiger partial charge on any atom is -1.00 e. The van der Waals surface area contributed by atoms with Gasteiger partial charge in [0.2, 0.25) is 18.0 Å². The number of nitriles is 1. The van der Waals surface area contributed by atoms with Crippen LogP contribution in [0.1, 0.15) is 21.6 Å². The van der Waals surface area contributed by atoms with Crippen LogP contribution >= 0.6 is 0 Å². The van der Waals surface area contributed by atoms with Crippen LogP contribution in [0.15, 0.2) is 53.8 Å². The number of halogens is 1. The molecule has 1 heterocycles. The number of Topliss-reactive ketones (excluding diaryl/α,β-unsaturated/α-hetero) is 1. The second-order valence-electron chi connectivity index (χ2n) is 4.11. The summed E-state index contributed by atoms with van der Waals surface area (Å²) in [7, 11) is 0. The van der Waals surface area contributed by atoms with Crippen LogP contribution in [0.3, 0.4) is 0 Å². The minimum atomic E-state index is -0.0849. The van der Waals surface area contributed by atoms with E-state index < -0.39 is 0 Å². The molecule has 0 atom stereocenters. The molecule has 0 fully saturated rings. The Hall–Kier alpha value is -2.52. The highest BCUT2D eigenvalue weighted by Crippen LogP contribution is 2.04. The van der Waals surface area contributed by atoms with Crippen molar-refractivity contribution in [1.82, 2.24) is 0 Å². The number of rotatable bonds is 4. The fourth-order valence-electron chi connectivity index (χ4n) is 1.79. The maximum atomic E-state index is 12.2. The van der Waals surface area contributed by atoms with Gasteiger partial charge in [0, 0.05) is 17.7 Å². The first-order chi connectivity index (χ1) is 9.74. The number of hydrogen-bond acceptors (Lipinski definition) is 4. The van der Waals surface area contributed by atoms with Gasteiger partial charge in [-0.05, 0) is 30.3 Å². The van der Waals surface area contributed by atoms with E-state index in [4.69, 9.17) is 10.5 Å². The summed E-state index contributed by atoms with van der Waals surface area (Å²) in [4.78, 5) is 12.2. The van der Waals surface area contributed by atoms with E-state index in [1.54, 1.807) is 53.2 Å². The van der Waals surface area contributed by atoms with Crippen LogP contribution in [0.2, 0.25) is 0 Å². The van der Waals surface area contributed by atoms with Crippen LogP contribution in [-0.4, -0.2) is 17.2 Å². The molecule has 0 amide bonds. The maximum absolute atomic E-state index is 12.2. The SMILES string of the molecule is N#Cc1ccc(C(=O)C[n+]2ccccc2C=NO)cc1.[Br-]. The lowest BCUT2D eigenvalue weighted by molar-refractivity contribution is -0.684. The van der Waals surface area contributed by atoms with E-state index in [0.717, 1.165) is 0 Å². The Labute approximate surface area is 132 Å². The van der Waals surface area contributed by atoms with Crippen molar-refractivity contribution in [2.24, 2.45) is 5.16 Å². The molecule has 0 radical (unpaired) electrons. The lowest BCUT2D eigenvalue weighted by Gasteiger charge is -2.00. The highest BCUT2D eigenvalue weighted by Gasteiger charge is 2.15. The summed E-state index contributed by atoms with van der Waals surface area (Å²) in [6, 6.07) is 13.8. The second-order valence-corrected chi connectivity index (χ2v) is 4.11. The van der Waals surface area contributed by atoms with E-state index >= 15 is 0 Å². The highest BCUT2D eigenvalue weighted by molar-refractivity contribution is 5.95. The molecule has 1 aromatic carbocycles. The summed E-state index contributed by atoms with van der Waals surface area (Å²) in [6.45, 7) is 0.133. The van der Waals surface area contributed by atoms with Crippen LogP contribution in [0.25, 0.3) is 0 Å². The lowest BCUT2D eigenvalue weighted by Crippen LogP contribution is -3.00. The first-order valence-corrected chi connectivity index (χ1v) is 5.94. The molecular weight excluding hydrogens is 334 g/mol. The molecule has 5 nitrogen and oxygen atoms in total. The third-order valence-corrected chi connectivity index (χ3v) is 2.82.